The molecule has 0 aliphatic carbocycles. The third-order valence-corrected chi connectivity index (χ3v) is 6.53. The first-order chi connectivity index (χ1) is 16.0. The van der Waals surface area contributed by atoms with Crippen molar-refractivity contribution in [2.75, 3.05) is 11.9 Å². The van der Waals surface area contributed by atoms with E-state index in [9.17, 15) is 4.79 Å². The molecule has 4 rings (SSSR count). The molecule has 172 valence electrons. The van der Waals surface area contributed by atoms with Crippen LogP contribution >= 0.6 is 11.8 Å². The standard InChI is InChI=1S/C26H30N4O2S/c1-5-15-32-24(31)22-18(4)27-25-28-26(33-16-19-9-7-6-8-10-19)29-30(25)23(22)21-13-11-20(12-14-21)17(2)3/h6-14,17,23H,5,15-16H2,1-4H3,(H,27,28,29). The number of carbonyl (C=O) groups excluding carboxylic acids is 1. The highest BCUT2D eigenvalue weighted by atomic mass is 32.2. The van der Waals surface area contributed by atoms with Crippen molar-refractivity contribution in [1.82, 2.24) is 14.8 Å². The number of esters is 1. The minimum atomic E-state index is -0.398. The van der Waals surface area contributed by atoms with Gasteiger partial charge in [-0.3, -0.25) is 0 Å². The highest BCUT2D eigenvalue weighted by molar-refractivity contribution is 7.98. The summed E-state index contributed by atoms with van der Waals surface area (Å²) in [6.45, 7) is 8.61. The van der Waals surface area contributed by atoms with Crippen molar-refractivity contribution in [3.63, 3.8) is 0 Å². The molecule has 0 saturated carbocycles. The lowest BCUT2D eigenvalue weighted by molar-refractivity contribution is -0.139. The number of anilines is 1. The van der Waals surface area contributed by atoms with E-state index in [1.165, 1.54) is 11.1 Å². The molecule has 1 aliphatic rings. The topological polar surface area (TPSA) is 69.0 Å². The van der Waals surface area contributed by atoms with Crippen LogP contribution in [0.1, 0.15) is 62.8 Å². The van der Waals surface area contributed by atoms with Gasteiger partial charge in [-0.15, -0.1) is 5.10 Å². The molecule has 1 unspecified atom stereocenters. The first-order valence-electron chi connectivity index (χ1n) is 11.4. The number of nitrogens with zero attached hydrogens (tertiary/aromatic N) is 3. The first-order valence-corrected chi connectivity index (χ1v) is 12.3. The molecule has 6 nitrogen and oxygen atoms in total. The molecule has 0 fully saturated rings. The van der Waals surface area contributed by atoms with Crippen LogP contribution in [0, 0.1) is 0 Å². The zero-order valence-corrected chi connectivity index (χ0v) is 20.4. The lowest BCUT2D eigenvalue weighted by Crippen LogP contribution is -2.29. The van der Waals surface area contributed by atoms with E-state index in [-0.39, 0.29) is 5.97 Å². The maximum Gasteiger partial charge on any atom is 0.338 e. The van der Waals surface area contributed by atoms with Crippen LogP contribution in [-0.4, -0.2) is 27.3 Å². The molecule has 1 aromatic heterocycles. The Labute approximate surface area is 199 Å². The van der Waals surface area contributed by atoms with E-state index in [1.54, 1.807) is 11.8 Å². The van der Waals surface area contributed by atoms with Gasteiger partial charge in [-0.25, -0.2) is 9.48 Å². The summed E-state index contributed by atoms with van der Waals surface area (Å²) < 4.78 is 7.35. The number of thioether (sulfide) groups is 1. The summed E-state index contributed by atoms with van der Waals surface area (Å²) in [5, 5.41) is 8.73. The van der Waals surface area contributed by atoms with E-state index < -0.39 is 6.04 Å². The van der Waals surface area contributed by atoms with Crippen LogP contribution in [0.25, 0.3) is 0 Å². The average molecular weight is 463 g/mol. The van der Waals surface area contributed by atoms with Crippen molar-refractivity contribution in [3.8, 4) is 0 Å². The second-order valence-electron chi connectivity index (χ2n) is 8.46. The second kappa shape index (κ2) is 10.3. The van der Waals surface area contributed by atoms with E-state index in [1.807, 2.05) is 36.7 Å². The molecule has 1 atom stereocenters. The molecule has 0 spiro atoms. The van der Waals surface area contributed by atoms with Gasteiger partial charge >= 0.3 is 5.97 Å². The molecular formula is C26H30N4O2S. The Morgan fingerprint density at radius 1 is 1.15 bits per heavy atom. The molecule has 1 N–H and O–H groups in total. The summed E-state index contributed by atoms with van der Waals surface area (Å²) in [6.07, 6.45) is 0.772. The number of benzene rings is 2. The number of hydrogen-bond donors (Lipinski definition) is 1. The molecule has 1 aliphatic heterocycles. The van der Waals surface area contributed by atoms with Gasteiger partial charge in [0.15, 0.2) is 0 Å². The number of carbonyl (C=O) groups is 1. The number of hydrogen-bond acceptors (Lipinski definition) is 6. The van der Waals surface area contributed by atoms with E-state index in [4.69, 9.17) is 14.8 Å². The Morgan fingerprint density at radius 2 is 1.88 bits per heavy atom. The third kappa shape index (κ3) is 5.14. The highest BCUT2D eigenvalue weighted by Crippen LogP contribution is 2.37. The number of rotatable bonds is 8. The van der Waals surface area contributed by atoms with Gasteiger partial charge < -0.3 is 10.1 Å². The molecular weight excluding hydrogens is 432 g/mol. The number of allylic oxidation sites excluding steroid dienone is 1. The quantitative estimate of drug-likeness (QED) is 0.330. The fourth-order valence-electron chi connectivity index (χ4n) is 3.82. The van der Waals surface area contributed by atoms with Crippen molar-refractivity contribution in [1.29, 1.82) is 0 Å². The normalized spacial score (nSPS) is 15.4. The number of nitrogens with one attached hydrogen (secondary N) is 1. The zero-order valence-electron chi connectivity index (χ0n) is 19.5. The Hall–Kier alpha value is -3.06. The summed E-state index contributed by atoms with van der Waals surface area (Å²) in [6, 6.07) is 18.2. The molecule has 0 amide bonds. The molecule has 0 radical (unpaired) electrons. The summed E-state index contributed by atoms with van der Waals surface area (Å²) in [4.78, 5) is 17.8. The Bertz CT molecular complexity index is 1140. The second-order valence-corrected chi connectivity index (χ2v) is 9.40. The van der Waals surface area contributed by atoms with E-state index in [0.29, 0.717) is 29.2 Å². The number of aromatic nitrogens is 3. The van der Waals surface area contributed by atoms with Gasteiger partial charge in [0.25, 0.3) is 0 Å². The van der Waals surface area contributed by atoms with Crippen molar-refractivity contribution in [2.24, 2.45) is 0 Å². The largest absolute Gasteiger partial charge is 0.462 e. The van der Waals surface area contributed by atoms with Crippen LogP contribution in [-0.2, 0) is 15.3 Å². The maximum absolute atomic E-state index is 13.1. The molecule has 2 aromatic carbocycles. The first kappa shape index (κ1) is 23.1. The van der Waals surface area contributed by atoms with E-state index >= 15 is 0 Å². The van der Waals surface area contributed by atoms with Gasteiger partial charge in [-0.1, -0.05) is 87.1 Å². The van der Waals surface area contributed by atoms with Gasteiger partial charge in [-0.2, -0.15) is 4.98 Å². The van der Waals surface area contributed by atoms with Crippen molar-refractivity contribution in [3.05, 3.63) is 82.6 Å². The summed E-state index contributed by atoms with van der Waals surface area (Å²) in [5.74, 6) is 1.52. The van der Waals surface area contributed by atoms with E-state index in [2.05, 4.69) is 55.6 Å². The van der Waals surface area contributed by atoms with Gasteiger partial charge in [0.05, 0.1) is 12.2 Å². The average Bonchev–Trinajstić information content (AvgIpc) is 3.23. The Morgan fingerprint density at radius 3 is 2.55 bits per heavy atom. The van der Waals surface area contributed by atoms with E-state index in [0.717, 1.165) is 23.4 Å². The highest BCUT2D eigenvalue weighted by Gasteiger charge is 2.35. The molecule has 33 heavy (non-hydrogen) atoms. The third-order valence-electron chi connectivity index (χ3n) is 5.62. The molecule has 3 aromatic rings. The zero-order chi connectivity index (χ0) is 23.4. The van der Waals surface area contributed by atoms with Gasteiger partial charge in [0.1, 0.15) is 6.04 Å². The molecule has 2 heterocycles. The van der Waals surface area contributed by atoms with Gasteiger partial charge in [0.2, 0.25) is 11.1 Å². The predicted molar refractivity (Wildman–Crippen MR) is 132 cm³/mol. The fraction of sp³-hybridized carbons (Fsp3) is 0.346. The summed E-state index contributed by atoms with van der Waals surface area (Å²) >= 11 is 1.58. The summed E-state index contributed by atoms with van der Waals surface area (Å²) in [5.41, 5.74) is 4.75. The van der Waals surface area contributed by atoms with Gasteiger partial charge in [0, 0.05) is 11.4 Å². The lowest BCUT2D eigenvalue weighted by atomic mass is 9.93. The molecule has 0 bridgehead atoms. The van der Waals surface area contributed by atoms with Crippen LogP contribution in [0.2, 0.25) is 0 Å². The SMILES string of the molecule is CCCOC(=O)C1=C(C)Nc2nc(SCc3ccccc3)nn2C1c1ccc(C(C)C)cc1. The van der Waals surface area contributed by atoms with Gasteiger partial charge in [-0.05, 0) is 36.0 Å². The lowest BCUT2D eigenvalue weighted by Gasteiger charge is -2.28. The smallest absolute Gasteiger partial charge is 0.338 e. The van der Waals surface area contributed by atoms with Crippen molar-refractivity contribution < 1.29 is 9.53 Å². The Kier molecular flexibility index (Phi) is 7.18. The van der Waals surface area contributed by atoms with Crippen LogP contribution in [0.4, 0.5) is 5.95 Å². The number of fused-ring (bicyclic) bond motifs is 1. The van der Waals surface area contributed by atoms with Crippen molar-refractivity contribution in [2.45, 2.75) is 57.0 Å². The minimum absolute atomic E-state index is 0.320. The van der Waals surface area contributed by atoms with Crippen LogP contribution in [0.3, 0.4) is 0 Å². The predicted octanol–water partition coefficient (Wildman–Crippen LogP) is 5.94. The maximum atomic E-state index is 13.1. The summed E-state index contributed by atoms with van der Waals surface area (Å²) in [7, 11) is 0. The fourth-order valence-corrected chi connectivity index (χ4v) is 4.61. The Balaban J connectivity index is 1.69. The van der Waals surface area contributed by atoms with Crippen LogP contribution in [0.15, 0.2) is 71.0 Å². The van der Waals surface area contributed by atoms with Crippen molar-refractivity contribution >= 4 is 23.7 Å². The molecule has 7 heteroatoms. The molecule has 0 saturated heterocycles. The van der Waals surface area contributed by atoms with Crippen LogP contribution < -0.4 is 5.32 Å². The van der Waals surface area contributed by atoms with Crippen LogP contribution in [0.5, 0.6) is 0 Å². The monoisotopic (exact) mass is 462 g/mol. The number of ether oxygens (including phenoxy) is 1. The minimum Gasteiger partial charge on any atom is -0.462 e.